The minimum Gasteiger partial charge on any atom is -0.340 e. The highest BCUT2D eigenvalue weighted by atomic mass is 35.5. The maximum Gasteiger partial charge on any atom is 0.317 e. The molecular formula is C18H27ClN4O2. The van der Waals surface area contributed by atoms with Crippen molar-refractivity contribution in [2.45, 2.75) is 32.4 Å². The molecule has 0 spiro atoms. The number of benzene rings is 1. The van der Waals surface area contributed by atoms with Crippen LogP contribution in [0.1, 0.15) is 24.5 Å². The molecule has 3 rings (SSSR count). The molecule has 3 amide bonds. The van der Waals surface area contributed by atoms with Crippen molar-refractivity contribution in [1.29, 1.82) is 0 Å². The van der Waals surface area contributed by atoms with Crippen molar-refractivity contribution < 1.29 is 9.59 Å². The molecule has 1 atom stereocenters. The fraction of sp³-hybridized carbons (Fsp3) is 0.556. The summed E-state index contributed by atoms with van der Waals surface area (Å²) >= 11 is 0. The molecule has 1 aromatic carbocycles. The van der Waals surface area contributed by atoms with E-state index in [-0.39, 0.29) is 24.3 Å². The van der Waals surface area contributed by atoms with Crippen molar-refractivity contribution >= 4 is 24.3 Å². The first-order valence-electron chi connectivity index (χ1n) is 8.74. The van der Waals surface area contributed by atoms with Crippen LogP contribution in [0.5, 0.6) is 0 Å². The van der Waals surface area contributed by atoms with Gasteiger partial charge in [-0.15, -0.1) is 12.4 Å². The Bertz CT molecular complexity index is 610. The molecule has 2 heterocycles. The second kappa shape index (κ2) is 9.06. The van der Waals surface area contributed by atoms with Gasteiger partial charge in [-0.05, 0) is 24.5 Å². The molecule has 0 radical (unpaired) electrons. The molecule has 25 heavy (non-hydrogen) atoms. The van der Waals surface area contributed by atoms with Gasteiger partial charge in [0.05, 0.1) is 0 Å². The normalized spacial score (nSPS) is 19.6. The highest BCUT2D eigenvalue weighted by molar-refractivity contribution is 5.85. The van der Waals surface area contributed by atoms with E-state index < -0.39 is 0 Å². The molecule has 1 fully saturated rings. The van der Waals surface area contributed by atoms with E-state index in [0.29, 0.717) is 25.6 Å². The van der Waals surface area contributed by atoms with Crippen LogP contribution in [0.15, 0.2) is 24.3 Å². The van der Waals surface area contributed by atoms with Crippen molar-refractivity contribution in [3.05, 3.63) is 35.4 Å². The van der Waals surface area contributed by atoms with Crippen LogP contribution in [-0.4, -0.2) is 60.5 Å². The lowest BCUT2D eigenvalue weighted by Gasteiger charge is -2.32. The van der Waals surface area contributed by atoms with Gasteiger partial charge in [-0.3, -0.25) is 4.79 Å². The minimum absolute atomic E-state index is 0. The van der Waals surface area contributed by atoms with E-state index in [1.165, 1.54) is 11.1 Å². The molecule has 2 aliphatic heterocycles. The Kier molecular flexibility index (Phi) is 7.08. The monoisotopic (exact) mass is 366 g/mol. The number of fused-ring (bicyclic) bond motifs is 1. The van der Waals surface area contributed by atoms with E-state index >= 15 is 0 Å². The highest BCUT2D eigenvalue weighted by Crippen LogP contribution is 2.18. The molecule has 1 saturated heterocycles. The van der Waals surface area contributed by atoms with Gasteiger partial charge in [0.25, 0.3) is 0 Å². The quantitative estimate of drug-likeness (QED) is 0.849. The summed E-state index contributed by atoms with van der Waals surface area (Å²) in [5.41, 5.74) is 2.54. The fourth-order valence-electron chi connectivity index (χ4n) is 3.37. The summed E-state index contributed by atoms with van der Waals surface area (Å²) in [7, 11) is 0. The SMILES string of the molecule is CC1CN(C(=O)CCNC(=O)N2CCc3ccccc3C2)CCN1.Cl. The van der Waals surface area contributed by atoms with Crippen LogP contribution in [-0.2, 0) is 17.8 Å². The van der Waals surface area contributed by atoms with Gasteiger partial charge in [-0.25, -0.2) is 4.79 Å². The number of nitrogens with one attached hydrogen (secondary N) is 2. The van der Waals surface area contributed by atoms with Crippen LogP contribution in [0.2, 0.25) is 0 Å². The molecule has 6 nitrogen and oxygen atoms in total. The van der Waals surface area contributed by atoms with E-state index in [4.69, 9.17) is 0 Å². The number of piperazine rings is 1. The molecule has 138 valence electrons. The van der Waals surface area contributed by atoms with Gasteiger partial charge < -0.3 is 20.4 Å². The van der Waals surface area contributed by atoms with Crippen molar-refractivity contribution in [3.63, 3.8) is 0 Å². The first-order chi connectivity index (χ1) is 11.6. The Balaban J connectivity index is 0.00000225. The number of amides is 3. The number of hydrogen-bond acceptors (Lipinski definition) is 3. The summed E-state index contributed by atoms with van der Waals surface area (Å²) in [6, 6.07) is 8.50. The standard InChI is InChI=1S/C18H26N4O2.ClH/c1-14-12-21(11-9-19-14)17(23)6-8-20-18(24)22-10-7-15-4-2-3-5-16(15)13-22;/h2-5,14,19H,6-13H2,1H3,(H,20,24);1H. The summed E-state index contributed by atoms with van der Waals surface area (Å²) in [4.78, 5) is 28.2. The van der Waals surface area contributed by atoms with E-state index in [2.05, 4.69) is 29.7 Å². The van der Waals surface area contributed by atoms with Crippen molar-refractivity contribution in [2.24, 2.45) is 0 Å². The second-order valence-electron chi connectivity index (χ2n) is 6.62. The first-order valence-corrected chi connectivity index (χ1v) is 8.74. The number of nitrogens with zero attached hydrogens (tertiary/aromatic N) is 2. The summed E-state index contributed by atoms with van der Waals surface area (Å²) in [6.07, 6.45) is 1.25. The predicted octanol–water partition coefficient (Wildman–Crippen LogP) is 1.39. The number of carbonyl (C=O) groups excluding carboxylic acids is 2. The first kappa shape index (κ1) is 19.5. The summed E-state index contributed by atoms with van der Waals surface area (Å²) in [5.74, 6) is 0.118. The van der Waals surface area contributed by atoms with E-state index in [1.54, 1.807) is 0 Å². The molecule has 0 bridgehead atoms. The topological polar surface area (TPSA) is 64.7 Å². The van der Waals surface area contributed by atoms with E-state index in [9.17, 15) is 9.59 Å². The average molecular weight is 367 g/mol. The smallest absolute Gasteiger partial charge is 0.317 e. The average Bonchev–Trinajstić information content (AvgIpc) is 2.61. The van der Waals surface area contributed by atoms with Crippen LogP contribution < -0.4 is 10.6 Å². The molecule has 1 aromatic rings. The van der Waals surface area contributed by atoms with Gasteiger partial charge in [0.2, 0.25) is 5.91 Å². The van der Waals surface area contributed by atoms with Gasteiger partial charge in [0.15, 0.2) is 0 Å². The lowest BCUT2D eigenvalue weighted by Crippen LogP contribution is -2.52. The van der Waals surface area contributed by atoms with Crippen molar-refractivity contribution in [3.8, 4) is 0 Å². The van der Waals surface area contributed by atoms with Crippen LogP contribution in [0, 0.1) is 0 Å². The van der Waals surface area contributed by atoms with E-state index in [0.717, 1.165) is 32.6 Å². The zero-order valence-electron chi connectivity index (χ0n) is 14.7. The molecule has 1 unspecified atom stereocenters. The van der Waals surface area contributed by atoms with Gasteiger partial charge in [-0.1, -0.05) is 24.3 Å². The maximum absolute atomic E-state index is 12.3. The Morgan fingerprint density at radius 1 is 1.20 bits per heavy atom. The van der Waals surface area contributed by atoms with Gasteiger partial charge >= 0.3 is 6.03 Å². The molecule has 0 aliphatic carbocycles. The fourth-order valence-corrected chi connectivity index (χ4v) is 3.37. The number of rotatable bonds is 3. The number of carbonyl (C=O) groups is 2. The minimum atomic E-state index is -0.0778. The third-order valence-electron chi connectivity index (χ3n) is 4.75. The molecule has 0 aromatic heterocycles. The highest BCUT2D eigenvalue weighted by Gasteiger charge is 2.22. The Hall–Kier alpha value is -1.79. The van der Waals surface area contributed by atoms with Crippen LogP contribution >= 0.6 is 12.4 Å². The van der Waals surface area contributed by atoms with E-state index in [1.807, 2.05) is 21.9 Å². The Labute approximate surface area is 155 Å². The van der Waals surface area contributed by atoms with Crippen molar-refractivity contribution in [2.75, 3.05) is 32.7 Å². The van der Waals surface area contributed by atoms with Gasteiger partial charge in [0.1, 0.15) is 0 Å². The van der Waals surface area contributed by atoms with Crippen LogP contribution in [0.25, 0.3) is 0 Å². The molecule has 2 aliphatic rings. The largest absolute Gasteiger partial charge is 0.340 e. The van der Waals surface area contributed by atoms with Gasteiger partial charge in [-0.2, -0.15) is 0 Å². The molecular weight excluding hydrogens is 340 g/mol. The van der Waals surface area contributed by atoms with Crippen LogP contribution in [0.3, 0.4) is 0 Å². The van der Waals surface area contributed by atoms with Crippen molar-refractivity contribution in [1.82, 2.24) is 20.4 Å². The lowest BCUT2D eigenvalue weighted by molar-refractivity contribution is -0.132. The molecule has 7 heteroatoms. The summed E-state index contributed by atoms with van der Waals surface area (Å²) in [5, 5.41) is 6.21. The van der Waals surface area contributed by atoms with Gasteiger partial charge in [0, 0.05) is 51.7 Å². The zero-order valence-corrected chi connectivity index (χ0v) is 15.5. The number of halogens is 1. The number of hydrogen-bond donors (Lipinski definition) is 2. The Morgan fingerprint density at radius 3 is 2.72 bits per heavy atom. The second-order valence-corrected chi connectivity index (χ2v) is 6.62. The third-order valence-corrected chi connectivity index (χ3v) is 4.75. The summed E-state index contributed by atoms with van der Waals surface area (Å²) in [6.45, 7) is 6.18. The zero-order chi connectivity index (χ0) is 16.9. The Morgan fingerprint density at radius 2 is 1.96 bits per heavy atom. The maximum atomic E-state index is 12.3. The third kappa shape index (κ3) is 5.09. The van der Waals surface area contributed by atoms with Crippen LogP contribution in [0.4, 0.5) is 4.79 Å². The predicted molar refractivity (Wildman–Crippen MR) is 99.9 cm³/mol. The number of urea groups is 1. The molecule has 2 N–H and O–H groups in total. The molecule has 0 saturated carbocycles. The summed E-state index contributed by atoms with van der Waals surface area (Å²) < 4.78 is 0. The lowest BCUT2D eigenvalue weighted by atomic mass is 10.0.